The third kappa shape index (κ3) is 7.79. The van der Waals surface area contributed by atoms with Crippen molar-refractivity contribution in [1.82, 2.24) is 29.5 Å². The van der Waals surface area contributed by atoms with Crippen molar-refractivity contribution in [2.24, 2.45) is 0 Å². The third-order valence-electron chi connectivity index (χ3n) is 9.46. The average molecular weight is 741 g/mol. The number of nitrogens with one attached hydrogen (secondary N) is 1. The van der Waals surface area contributed by atoms with Crippen molar-refractivity contribution < 1.29 is 41.1 Å². The summed E-state index contributed by atoms with van der Waals surface area (Å²) in [6, 6.07) is 5.95. The van der Waals surface area contributed by atoms with Crippen molar-refractivity contribution in [3.8, 4) is 11.1 Å². The van der Waals surface area contributed by atoms with E-state index in [2.05, 4.69) is 10.1 Å². The highest BCUT2D eigenvalue weighted by atomic mass is 19.3. The fourth-order valence-electron chi connectivity index (χ4n) is 6.87. The van der Waals surface area contributed by atoms with Crippen molar-refractivity contribution in [3.63, 3.8) is 0 Å². The topological polar surface area (TPSA) is 104 Å². The monoisotopic (exact) mass is 740 g/mol. The molecule has 0 aliphatic carbocycles. The number of likely N-dealkylation sites (tertiary alicyclic amines) is 1. The van der Waals surface area contributed by atoms with Crippen molar-refractivity contribution in [1.29, 1.82) is 0 Å². The van der Waals surface area contributed by atoms with Crippen LogP contribution in [0.25, 0.3) is 27.6 Å². The Labute approximate surface area is 303 Å². The molecule has 10 nitrogen and oxygen atoms in total. The van der Waals surface area contributed by atoms with E-state index in [1.807, 2.05) is 0 Å². The highest BCUT2D eigenvalue weighted by Crippen LogP contribution is 2.44. The Balaban J connectivity index is 1.36. The molecule has 2 aliphatic rings. The molecule has 4 heterocycles. The Morgan fingerprint density at radius 3 is 2.42 bits per heavy atom. The Morgan fingerprint density at radius 1 is 1.00 bits per heavy atom. The Morgan fingerprint density at radius 2 is 1.75 bits per heavy atom. The lowest BCUT2D eigenvalue weighted by Crippen LogP contribution is -2.51. The van der Waals surface area contributed by atoms with Gasteiger partial charge in [-0.1, -0.05) is 6.08 Å². The van der Waals surface area contributed by atoms with Crippen LogP contribution < -0.4 is 0 Å². The van der Waals surface area contributed by atoms with E-state index in [4.69, 9.17) is 4.74 Å². The van der Waals surface area contributed by atoms with Crippen LogP contribution >= 0.6 is 0 Å². The zero-order valence-electron chi connectivity index (χ0n) is 30.1. The number of hydrogen-bond donors (Lipinski definition) is 1. The lowest BCUT2D eigenvalue weighted by molar-refractivity contribution is -0.131. The van der Waals surface area contributed by atoms with E-state index in [1.54, 1.807) is 54.9 Å². The maximum absolute atomic E-state index is 16.4. The first kappa shape index (κ1) is 37.5. The Hall–Kier alpha value is -5.21. The van der Waals surface area contributed by atoms with Gasteiger partial charge < -0.3 is 24.4 Å². The maximum Gasteiger partial charge on any atom is 0.410 e. The van der Waals surface area contributed by atoms with Gasteiger partial charge in [-0.2, -0.15) is 5.10 Å². The molecule has 0 unspecified atom stereocenters. The summed E-state index contributed by atoms with van der Waals surface area (Å²) >= 11 is 0. The highest BCUT2D eigenvalue weighted by molar-refractivity contribution is 6.04. The minimum absolute atomic E-state index is 0.00714. The number of amides is 3. The molecule has 0 radical (unpaired) electrons. The van der Waals surface area contributed by atoms with E-state index in [0.29, 0.717) is 25.1 Å². The molecule has 1 fully saturated rings. The van der Waals surface area contributed by atoms with Gasteiger partial charge in [0.1, 0.15) is 22.9 Å². The van der Waals surface area contributed by atoms with E-state index in [0.717, 1.165) is 17.0 Å². The van der Waals surface area contributed by atoms with E-state index < -0.39 is 59.0 Å². The number of H-pyrrole nitrogens is 1. The van der Waals surface area contributed by atoms with Crippen LogP contribution in [-0.4, -0.2) is 99.2 Å². The zero-order valence-corrected chi connectivity index (χ0v) is 30.1. The summed E-state index contributed by atoms with van der Waals surface area (Å²) < 4.78 is 86.6. The van der Waals surface area contributed by atoms with Crippen LogP contribution in [0.3, 0.4) is 0 Å². The first-order valence-corrected chi connectivity index (χ1v) is 17.3. The number of nitrogens with zero attached hydrogens (tertiary/aromatic N) is 5. The molecule has 1 N–H and O–H groups in total. The highest BCUT2D eigenvalue weighted by Gasteiger charge is 2.48. The van der Waals surface area contributed by atoms with Crippen LogP contribution in [0.5, 0.6) is 0 Å². The van der Waals surface area contributed by atoms with Crippen LogP contribution in [0, 0.1) is 17.5 Å². The third-order valence-corrected chi connectivity index (χ3v) is 9.46. The molecule has 2 aromatic carbocycles. The van der Waals surface area contributed by atoms with Gasteiger partial charge in [-0.15, -0.1) is 0 Å². The SMILES string of the molecule is CN(C)C(=O)c1cc2c(-c3cc(F)c([C@H]4CCN(C(=O)OC(C)(C)C)CC4(F)F)cc3F)cc(C3=CCCN(C(=O)CCn4cccn4)C3)c(F)c2[nH]1. The first-order chi connectivity index (χ1) is 24.9. The molecule has 4 aromatic rings. The smallest absolute Gasteiger partial charge is 0.410 e. The number of carbonyl (C=O) groups excluding carboxylic acids is 3. The maximum atomic E-state index is 16.4. The first-order valence-electron chi connectivity index (χ1n) is 17.3. The number of ether oxygens (including phenoxy) is 1. The van der Waals surface area contributed by atoms with Gasteiger partial charge in [-0.3, -0.25) is 14.3 Å². The second-order valence-electron chi connectivity index (χ2n) is 14.7. The number of hydrogen-bond acceptors (Lipinski definition) is 5. The normalized spacial score (nSPS) is 17.5. The van der Waals surface area contributed by atoms with Crippen LogP contribution in [0.2, 0.25) is 0 Å². The number of halogens is 5. The van der Waals surface area contributed by atoms with Crippen molar-refractivity contribution in [3.05, 3.63) is 83.1 Å². The Bertz CT molecular complexity index is 2090. The Kier molecular flexibility index (Phi) is 10.1. The summed E-state index contributed by atoms with van der Waals surface area (Å²) in [5.41, 5.74) is -1.51. The number of aromatic nitrogens is 3. The quantitative estimate of drug-likeness (QED) is 0.202. The van der Waals surface area contributed by atoms with Gasteiger partial charge in [0.15, 0.2) is 5.82 Å². The van der Waals surface area contributed by atoms with Crippen molar-refractivity contribution in [2.75, 3.05) is 40.3 Å². The number of aryl methyl sites for hydroxylation is 1. The van der Waals surface area contributed by atoms with Crippen LogP contribution in [0.4, 0.5) is 26.7 Å². The largest absolute Gasteiger partial charge is 0.444 e. The molecule has 3 amide bonds. The number of alkyl halides is 2. The number of benzene rings is 2. The second kappa shape index (κ2) is 14.3. The lowest BCUT2D eigenvalue weighted by Gasteiger charge is -2.39. The average Bonchev–Trinajstić information content (AvgIpc) is 3.78. The predicted molar refractivity (Wildman–Crippen MR) is 188 cm³/mol. The molecule has 2 aliphatic heterocycles. The summed E-state index contributed by atoms with van der Waals surface area (Å²) in [6.45, 7) is 4.40. The summed E-state index contributed by atoms with van der Waals surface area (Å²) in [4.78, 5) is 45.1. The predicted octanol–water partition coefficient (Wildman–Crippen LogP) is 7.22. The number of piperidine rings is 1. The molecule has 0 spiro atoms. The van der Waals surface area contributed by atoms with E-state index in [1.165, 1.54) is 31.1 Å². The number of carbonyl (C=O) groups is 3. The summed E-state index contributed by atoms with van der Waals surface area (Å²) in [6.07, 6.45) is 4.39. The van der Waals surface area contributed by atoms with E-state index >= 15 is 22.0 Å². The minimum atomic E-state index is -3.61. The summed E-state index contributed by atoms with van der Waals surface area (Å²) in [5, 5.41) is 4.18. The molecular weight excluding hydrogens is 699 g/mol. The molecule has 1 saturated heterocycles. The van der Waals surface area contributed by atoms with Gasteiger partial charge in [0, 0.05) is 75.6 Å². The van der Waals surface area contributed by atoms with E-state index in [-0.39, 0.29) is 65.1 Å². The molecule has 2 aromatic heterocycles. The van der Waals surface area contributed by atoms with Gasteiger partial charge in [-0.05, 0) is 80.6 Å². The van der Waals surface area contributed by atoms with Gasteiger partial charge >= 0.3 is 6.09 Å². The van der Waals surface area contributed by atoms with Gasteiger partial charge in [-0.25, -0.2) is 26.7 Å². The second-order valence-corrected chi connectivity index (χ2v) is 14.7. The fourth-order valence-corrected chi connectivity index (χ4v) is 6.87. The van der Waals surface area contributed by atoms with Crippen molar-refractivity contribution >= 4 is 34.4 Å². The van der Waals surface area contributed by atoms with Crippen LogP contribution in [0.1, 0.15) is 67.6 Å². The molecule has 6 rings (SSSR count). The zero-order chi connectivity index (χ0) is 38.4. The van der Waals surface area contributed by atoms with Gasteiger partial charge in [0.25, 0.3) is 11.8 Å². The number of fused-ring (bicyclic) bond motifs is 1. The molecule has 15 heteroatoms. The number of aromatic amines is 1. The minimum Gasteiger partial charge on any atom is -0.444 e. The summed E-state index contributed by atoms with van der Waals surface area (Å²) in [5.74, 6) is -8.94. The van der Waals surface area contributed by atoms with Crippen LogP contribution in [-0.2, 0) is 16.1 Å². The van der Waals surface area contributed by atoms with Gasteiger partial charge in [0.2, 0.25) is 5.91 Å². The van der Waals surface area contributed by atoms with Crippen LogP contribution in [0.15, 0.2) is 48.8 Å². The number of rotatable bonds is 7. The fraction of sp³-hybridized carbons (Fsp3) is 0.421. The van der Waals surface area contributed by atoms with Gasteiger partial charge in [0.05, 0.1) is 18.0 Å². The molecule has 1 atom stereocenters. The lowest BCUT2D eigenvalue weighted by atomic mass is 9.84. The molecular formula is C38H41F5N6O4. The van der Waals surface area contributed by atoms with E-state index in [9.17, 15) is 14.4 Å². The van der Waals surface area contributed by atoms with Crippen molar-refractivity contribution in [2.45, 2.75) is 64.0 Å². The summed E-state index contributed by atoms with van der Waals surface area (Å²) in [7, 11) is 3.01. The molecule has 0 saturated carbocycles. The molecule has 53 heavy (non-hydrogen) atoms. The standard InChI is InChI=1S/C38H41F5N6O4/c1-37(2,3)53-36(52)48-14-9-28(38(42,43)21-48)27-18-29(39)25(17-30(27)40)24-16-23(33(41)34-26(24)19-31(45-34)35(51)46(4)5)22-8-6-12-47(20-22)32(50)10-15-49-13-7-11-44-49/h7-8,11,13,16-19,28,45H,6,9-10,12,14-15,20-21H2,1-5H3/t28-/m1/s1. The molecule has 0 bridgehead atoms. The molecule has 282 valence electrons.